The summed E-state index contributed by atoms with van der Waals surface area (Å²) in [6.45, 7) is 4.79. The number of imide groups is 1. The molecule has 1 aromatic rings. The van der Waals surface area contributed by atoms with Crippen LogP contribution in [0.4, 0.5) is 4.79 Å². The molecular formula is C16H18BrNO4S. The summed E-state index contributed by atoms with van der Waals surface area (Å²) in [6.07, 6.45) is 2.44. The smallest absolute Gasteiger partial charge is 0.293 e. The van der Waals surface area contributed by atoms with Gasteiger partial charge in [0.2, 0.25) is 0 Å². The fourth-order valence-electron chi connectivity index (χ4n) is 2.18. The van der Waals surface area contributed by atoms with Gasteiger partial charge in [0.25, 0.3) is 11.1 Å². The van der Waals surface area contributed by atoms with Gasteiger partial charge in [-0.25, -0.2) is 0 Å². The minimum atomic E-state index is -0.245. The van der Waals surface area contributed by atoms with E-state index in [9.17, 15) is 9.59 Å². The molecule has 1 saturated heterocycles. The molecule has 0 saturated carbocycles. The van der Waals surface area contributed by atoms with Crippen molar-refractivity contribution >= 4 is 44.9 Å². The number of hydrogen-bond donors (Lipinski definition) is 0. The molecule has 7 heteroatoms. The third-order valence-electron chi connectivity index (χ3n) is 3.16. The Morgan fingerprint density at radius 3 is 2.65 bits per heavy atom. The summed E-state index contributed by atoms with van der Waals surface area (Å²) in [4.78, 5) is 25.8. The molecule has 0 spiro atoms. The number of rotatable bonds is 6. The number of halogens is 1. The monoisotopic (exact) mass is 399 g/mol. The molecule has 0 bridgehead atoms. The minimum Gasteiger partial charge on any atom is -0.493 e. The summed E-state index contributed by atoms with van der Waals surface area (Å²) in [5, 5.41) is -0.222. The molecule has 0 radical (unpaired) electrons. The van der Waals surface area contributed by atoms with Gasteiger partial charge in [0.05, 0.1) is 23.1 Å². The van der Waals surface area contributed by atoms with Crippen LogP contribution in [0.3, 0.4) is 0 Å². The van der Waals surface area contributed by atoms with Crippen molar-refractivity contribution in [2.45, 2.75) is 20.3 Å². The van der Waals surface area contributed by atoms with Crippen molar-refractivity contribution in [3.05, 3.63) is 27.1 Å². The molecule has 1 aliphatic rings. The van der Waals surface area contributed by atoms with Crippen LogP contribution >= 0.6 is 27.7 Å². The second-order valence-electron chi connectivity index (χ2n) is 4.80. The molecule has 2 amide bonds. The SMILES string of the molecule is CCCN1C(=O)S/C(=C/c2cc(Br)c(OCC)c(OC)c2)C1=O. The number of carbonyl (C=O) groups is 2. The molecule has 0 N–H and O–H groups in total. The topological polar surface area (TPSA) is 55.8 Å². The largest absolute Gasteiger partial charge is 0.493 e. The van der Waals surface area contributed by atoms with Crippen molar-refractivity contribution in [3.63, 3.8) is 0 Å². The summed E-state index contributed by atoms with van der Waals surface area (Å²) < 4.78 is 11.6. The number of thioether (sulfide) groups is 1. The molecule has 2 rings (SSSR count). The summed E-state index contributed by atoms with van der Waals surface area (Å²) in [5.74, 6) is 0.942. The Hall–Kier alpha value is -1.47. The zero-order valence-electron chi connectivity index (χ0n) is 13.2. The van der Waals surface area contributed by atoms with E-state index >= 15 is 0 Å². The van der Waals surface area contributed by atoms with Crippen molar-refractivity contribution in [3.8, 4) is 11.5 Å². The fourth-order valence-corrected chi connectivity index (χ4v) is 3.61. The molecule has 1 aliphatic heterocycles. The lowest BCUT2D eigenvalue weighted by molar-refractivity contribution is -0.122. The van der Waals surface area contributed by atoms with Crippen LogP contribution in [0.5, 0.6) is 11.5 Å². The van der Waals surface area contributed by atoms with E-state index in [0.717, 1.165) is 28.2 Å². The van der Waals surface area contributed by atoms with Crippen LogP contribution < -0.4 is 9.47 Å². The van der Waals surface area contributed by atoms with Gasteiger partial charge in [0.1, 0.15) is 0 Å². The highest BCUT2D eigenvalue weighted by molar-refractivity contribution is 9.10. The zero-order chi connectivity index (χ0) is 17.0. The second-order valence-corrected chi connectivity index (χ2v) is 6.65. The lowest BCUT2D eigenvalue weighted by Crippen LogP contribution is -2.28. The van der Waals surface area contributed by atoms with Crippen LogP contribution in [0, 0.1) is 0 Å². The third-order valence-corrected chi connectivity index (χ3v) is 4.66. The van der Waals surface area contributed by atoms with E-state index < -0.39 is 0 Å². The maximum absolute atomic E-state index is 12.3. The molecule has 1 aromatic carbocycles. The van der Waals surface area contributed by atoms with Gasteiger partial charge < -0.3 is 9.47 Å². The van der Waals surface area contributed by atoms with Crippen LogP contribution in [0.25, 0.3) is 6.08 Å². The molecule has 1 fully saturated rings. The lowest BCUT2D eigenvalue weighted by atomic mass is 10.2. The molecule has 0 aliphatic carbocycles. The highest BCUT2D eigenvalue weighted by Gasteiger charge is 2.34. The van der Waals surface area contributed by atoms with Crippen molar-refractivity contribution < 1.29 is 19.1 Å². The summed E-state index contributed by atoms with van der Waals surface area (Å²) in [7, 11) is 1.56. The van der Waals surface area contributed by atoms with Crippen molar-refractivity contribution in [1.82, 2.24) is 4.90 Å². The fraction of sp³-hybridized carbons (Fsp3) is 0.375. The van der Waals surface area contributed by atoms with E-state index in [-0.39, 0.29) is 11.1 Å². The third kappa shape index (κ3) is 3.90. The van der Waals surface area contributed by atoms with E-state index in [0.29, 0.717) is 29.6 Å². The number of nitrogens with zero attached hydrogens (tertiary/aromatic N) is 1. The highest BCUT2D eigenvalue weighted by Crippen LogP contribution is 2.39. The van der Waals surface area contributed by atoms with Gasteiger partial charge in [-0.15, -0.1) is 0 Å². The van der Waals surface area contributed by atoms with E-state index in [1.54, 1.807) is 19.3 Å². The molecule has 0 atom stereocenters. The number of benzene rings is 1. The first kappa shape index (κ1) is 17.9. The Kier molecular flexibility index (Phi) is 6.12. The van der Waals surface area contributed by atoms with Crippen LogP contribution in [-0.4, -0.2) is 36.3 Å². The predicted octanol–water partition coefficient (Wildman–Crippen LogP) is 4.30. The number of hydrogen-bond acceptors (Lipinski definition) is 5. The lowest BCUT2D eigenvalue weighted by Gasteiger charge is -2.12. The second kappa shape index (κ2) is 7.88. The maximum atomic E-state index is 12.3. The predicted molar refractivity (Wildman–Crippen MR) is 94.8 cm³/mol. The van der Waals surface area contributed by atoms with Gasteiger partial charge in [0.15, 0.2) is 11.5 Å². The Balaban J connectivity index is 2.34. The van der Waals surface area contributed by atoms with Crippen LogP contribution in [0.2, 0.25) is 0 Å². The van der Waals surface area contributed by atoms with Crippen molar-refractivity contribution in [1.29, 1.82) is 0 Å². The van der Waals surface area contributed by atoms with Crippen LogP contribution in [0.1, 0.15) is 25.8 Å². The zero-order valence-corrected chi connectivity index (χ0v) is 15.6. The van der Waals surface area contributed by atoms with Crippen LogP contribution in [-0.2, 0) is 4.79 Å². The van der Waals surface area contributed by atoms with Gasteiger partial charge >= 0.3 is 0 Å². The summed E-state index contributed by atoms with van der Waals surface area (Å²) in [5.41, 5.74) is 0.763. The van der Waals surface area contributed by atoms with E-state index in [4.69, 9.17) is 9.47 Å². The van der Waals surface area contributed by atoms with Crippen LogP contribution in [0.15, 0.2) is 21.5 Å². The first-order chi connectivity index (χ1) is 11.0. The average Bonchev–Trinajstić information content (AvgIpc) is 2.77. The molecule has 0 aromatic heterocycles. The van der Waals surface area contributed by atoms with E-state index in [1.807, 2.05) is 19.9 Å². The Morgan fingerprint density at radius 1 is 1.30 bits per heavy atom. The van der Waals surface area contributed by atoms with Crippen molar-refractivity contribution in [2.75, 3.05) is 20.3 Å². The van der Waals surface area contributed by atoms with Crippen molar-refractivity contribution in [2.24, 2.45) is 0 Å². The summed E-state index contributed by atoms with van der Waals surface area (Å²) in [6, 6.07) is 3.62. The standard InChI is InChI=1S/C16H18BrNO4S/c1-4-6-18-15(19)13(23-16(18)20)9-10-7-11(17)14(22-5-2)12(8-10)21-3/h7-9H,4-6H2,1-3H3/b13-9+. The van der Waals surface area contributed by atoms with Gasteiger partial charge in [-0.05, 0) is 64.8 Å². The molecule has 124 valence electrons. The molecule has 23 heavy (non-hydrogen) atoms. The normalized spacial score (nSPS) is 16.3. The highest BCUT2D eigenvalue weighted by atomic mass is 79.9. The number of amides is 2. The van der Waals surface area contributed by atoms with Gasteiger partial charge in [0, 0.05) is 6.54 Å². The van der Waals surface area contributed by atoms with Gasteiger partial charge in [-0.3, -0.25) is 14.5 Å². The Labute approximate surface area is 148 Å². The van der Waals surface area contributed by atoms with E-state index in [1.165, 1.54) is 4.90 Å². The number of ether oxygens (including phenoxy) is 2. The van der Waals surface area contributed by atoms with E-state index in [2.05, 4.69) is 15.9 Å². The number of methoxy groups -OCH3 is 1. The molecule has 0 unspecified atom stereocenters. The molecule has 5 nitrogen and oxygen atoms in total. The Morgan fingerprint density at radius 2 is 2.04 bits per heavy atom. The average molecular weight is 400 g/mol. The molecular weight excluding hydrogens is 382 g/mol. The van der Waals surface area contributed by atoms with Gasteiger partial charge in [-0.2, -0.15) is 0 Å². The first-order valence-electron chi connectivity index (χ1n) is 7.27. The minimum absolute atomic E-state index is 0.222. The Bertz CT molecular complexity index is 660. The molecule has 1 heterocycles. The quantitative estimate of drug-likeness (QED) is 0.667. The van der Waals surface area contributed by atoms with Gasteiger partial charge in [-0.1, -0.05) is 6.92 Å². The number of carbonyl (C=O) groups excluding carboxylic acids is 2. The maximum Gasteiger partial charge on any atom is 0.293 e. The summed E-state index contributed by atoms with van der Waals surface area (Å²) >= 11 is 4.41. The first-order valence-corrected chi connectivity index (χ1v) is 8.88.